The molecule has 1 nitrogen and oxygen atoms in total. The van der Waals surface area contributed by atoms with Crippen molar-refractivity contribution < 1.29 is 0 Å². The molecule has 2 atom stereocenters. The minimum Gasteiger partial charge on any atom is -0.298 e. The fraction of sp³-hybridized carbons (Fsp3) is 0.667. The van der Waals surface area contributed by atoms with Gasteiger partial charge in [-0.3, -0.25) is 4.90 Å². The highest BCUT2D eigenvalue weighted by Gasteiger charge is 2.29. The van der Waals surface area contributed by atoms with Crippen LogP contribution in [0.3, 0.4) is 0 Å². The van der Waals surface area contributed by atoms with E-state index in [1.54, 1.807) is 0 Å². The molecule has 1 aliphatic heterocycles. The monoisotopic (exact) mass is 341 g/mol. The van der Waals surface area contributed by atoms with E-state index in [-0.39, 0.29) is 0 Å². The van der Waals surface area contributed by atoms with Crippen molar-refractivity contribution in [2.75, 3.05) is 13.1 Å². The van der Waals surface area contributed by atoms with E-state index in [4.69, 9.17) is 0 Å². The summed E-state index contributed by atoms with van der Waals surface area (Å²) in [7, 11) is 0. The van der Waals surface area contributed by atoms with Crippen LogP contribution < -0.4 is 0 Å². The van der Waals surface area contributed by atoms with Crippen LogP contribution in [-0.2, 0) is 13.0 Å². The van der Waals surface area contributed by atoms with Crippen molar-refractivity contribution >= 4 is 0 Å². The molecule has 0 amide bonds. The Balaban J connectivity index is 1.67. The summed E-state index contributed by atoms with van der Waals surface area (Å²) < 4.78 is 0. The molecule has 25 heavy (non-hydrogen) atoms. The number of unbranched alkanes of at least 4 members (excludes halogenated alkanes) is 6. The fourth-order valence-electron chi connectivity index (χ4n) is 4.19. The molecule has 140 valence electrons. The SMILES string of the molecule is C=C(C)C1CN(Cc2ccc(CCCCCCCCC)cc2)C[C@@H]1C. The summed E-state index contributed by atoms with van der Waals surface area (Å²) in [6.07, 6.45) is 11.0. The van der Waals surface area contributed by atoms with Crippen molar-refractivity contribution in [3.05, 3.63) is 47.5 Å². The van der Waals surface area contributed by atoms with E-state index in [1.165, 1.54) is 81.2 Å². The molecule has 0 aromatic heterocycles. The van der Waals surface area contributed by atoms with Gasteiger partial charge in [0, 0.05) is 19.6 Å². The van der Waals surface area contributed by atoms with E-state index in [1.807, 2.05) is 0 Å². The molecule has 0 N–H and O–H groups in total. The van der Waals surface area contributed by atoms with Crippen LogP contribution in [0.25, 0.3) is 0 Å². The van der Waals surface area contributed by atoms with Crippen LogP contribution in [0.4, 0.5) is 0 Å². The van der Waals surface area contributed by atoms with Crippen molar-refractivity contribution in [3.63, 3.8) is 0 Å². The van der Waals surface area contributed by atoms with Crippen LogP contribution >= 0.6 is 0 Å². The molecule has 2 rings (SSSR count). The van der Waals surface area contributed by atoms with Crippen LogP contribution in [0.2, 0.25) is 0 Å². The molecular weight excluding hydrogens is 302 g/mol. The van der Waals surface area contributed by atoms with Gasteiger partial charge in [-0.1, -0.05) is 88.8 Å². The minimum atomic E-state index is 0.677. The highest BCUT2D eigenvalue weighted by Crippen LogP contribution is 2.29. The number of hydrogen-bond donors (Lipinski definition) is 0. The third-order valence-corrected chi connectivity index (χ3v) is 5.82. The second-order valence-corrected chi connectivity index (χ2v) is 8.31. The first-order valence-corrected chi connectivity index (χ1v) is 10.6. The molecule has 1 unspecified atom stereocenters. The molecule has 1 saturated heterocycles. The van der Waals surface area contributed by atoms with Gasteiger partial charge in [-0.05, 0) is 42.7 Å². The number of nitrogens with zero attached hydrogens (tertiary/aromatic N) is 1. The highest BCUT2D eigenvalue weighted by atomic mass is 15.1. The topological polar surface area (TPSA) is 3.24 Å². The molecule has 1 fully saturated rings. The van der Waals surface area contributed by atoms with E-state index < -0.39 is 0 Å². The summed E-state index contributed by atoms with van der Waals surface area (Å²) in [5.41, 5.74) is 4.31. The quantitative estimate of drug-likeness (QED) is 0.323. The predicted octanol–water partition coefficient (Wildman–Crippen LogP) is 6.62. The van der Waals surface area contributed by atoms with Gasteiger partial charge in [0.05, 0.1) is 0 Å². The van der Waals surface area contributed by atoms with Crippen molar-refractivity contribution in [1.29, 1.82) is 0 Å². The number of rotatable bonds is 11. The summed E-state index contributed by atoms with van der Waals surface area (Å²) in [5, 5.41) is 0. The highest BCUT2D eigenvalue weighted by molar-refractivity contribution is 5.23. The molecule has 1 aromatic rings. The lowest BCUT2D eigenvalue weighted by molar-refractivity contribution is 0.317. The van der Waals surface area contributed by atoms with Gasteiger partial charge in [-0.15, -0.1) is 0 Å². The van der Waals surface area contributed by atoms with Gasteiger partial charge < -0.3 is 0 Å². The van der Waals surface area contributed by atoms with Gasteiger partial charge >= 0.3 is 0 Å². The van der Waals surface area contributed by atoms with E-state index in [2.05, 4.69) is 56.5 Å². The Bertz CT molecular complexity index is 501. The van der Waals surface area contributed by atoms with Crippen LogP contribution in [0.15, 0.2) is 36.4 Å². The van der Waals surface area contributed by atoms with E-state index >= 15 is 0 Å². The molecule has 0 bridgehead atoms. The lowest BCUT2D eigenvalue weighted by atomic mass is 9.92. The largest absolute Gasteiger partial charge is 0.298 e. The first kappa shape index (κ1) is 20.2. The van der Waals surface area contributed by atoms with E-state index in [0.29, 0.717) is 5.92 Å². The lowest BCUT2D eigenvalue weighted by Crippen LogP contribution is -2.20. The van der Waals surface area contributed by atoms with Crippen LogP contribution in [0.1, 0.15) is 76.8 Å². The summed E-state index contributed by atoms with van der Waals surface area (Å²) in [4.78, 5) is 2.59. The molecule has 1 aromatic carbocycles. The molecule has 0 radical (unpaired) electrons. The summed E-state index contributed by atoms with van der Waals surface area (Å²) in [6.45, 7) is 14.5. The molecule has 1 aliphatic rings. The summed E-state index contributed by atoms with van der Waals surface area (Å²) >= 11 is 0. The fourth-order valence-corrected chi connectivity index (χ4v) is 4.19. The molecule has 1 heteroatoms. The smallest absolute Gasteiger partial charge is 0.0234 e. The van der Waals surface area contributed by atoms with E-state index in [0.717, 1.165) is 12.5 Å². The van der Waals surface area contributed by atoms with Gasteiger partial charge in [0.15, 0.2) is 0 Å². The number of likely N-dealkylation sites (tertiary alicyclic amines) is 1. The second kappa shape index (κ2) is 10.8. The minimum absolute atomic E-state index is 0.677. The maximum Gasteiger partial charge on any atom is 0.0234 e. The number of aryl methyl sites for hydroxylation is 1. The first-order chi connectivity index (χ1) is 12.1. The molecule has 0 saturated carbocycles. The van der Waals surface area contributed by atoms with Gasteiger partial charge in [-0.25, -0.2) is 0 Å². The maximum absolute atomic E-state index is 4.17. The van der Waals surface area contributed by atoms with Crippen molar-refractivity contribution in [2.24, 2.45) is 11.8 Å². The average Bonchev–Trinajstić information content (AvgIpc) is 2.96. The number of benzene rings is 1. The first-order valence-electron chi connectivity index (χ1n) is 10.6. The summed E-state index contributed by atoms with van der Waals surface area (Å²) in [6, 6.07) is 9.38. The molecule has 1 heterocycles. The van der Waals surface area contributed by atoms with Gasteiger partial charge in [0.2, 0.25) is 0 Å². The Kier molecular flexibility index (Phi) is 8.75. The Morgan fingerprint density at radius 3 is 2.16 bits per heavy atom. The zero-order valence-electron chi connectivity index (χ0n) is 16.9. The normalized spacial score (nSPS) is 20.9. The average molecular weight is 342 g/mol. The number of hydrogen-bond acceptors (Lipinski definition) is 1. The van der Waals surface area contributed by atoms with Crippen molar-refractivity contribution in [2.45, 2.75) is 78.7 Å². The Morgan fingerprint density at radius 2 is 1.56 bits per heavy atom. The van der Waals surface area contributed by atoms with Gasteiger partial charge in [0.25, 0.3) is 0 Å². The van der Waals surface area contributed by atoms with Crippen LogP contribution in [-0.4, -0.2) is 18.0 Å². The standard InChI is InChI=1S/C24H39N/c1-5-6-7-8-9-10-11-12-22-13-15-23(16-14-22)18-25-17-21(4)24(19-25)20(2)3/h13-16,21,24H,2,5-12,17-19H2,1,3-4H3/t21-,24?/m0/s1. The Morgan fingerprint density at radius 1 is 0.960 bits per heavy atom. The van der Waals surface area contributed by atoms with Crippen molar-refractivity contribution in [1.82, 2.24) is 4.90 Å². The third kappa shape index (κ3) is 6.98. The lowest BCUT2D eigenvalue weighted by Gasteiger charge is -2.16. The Labute approximate surface area is 156 Å². The Hall–Kier alpha value is -1.08. The molecule has 0 spiro atoms. The molecular formula is C24H39N. The van der Waals surface area contributed by atoms with Crippen LogP contribution in [0.5, 0.6) is 0 Å². The zero-order valence-corrected chi connectivity index (χ0v) is 16.9. The molecule has 0 aliphatic carbocycles. The summed E-state index contributed by atoms with van der Waals surface area (Å²) in [5.74, 6) is 1.42. The van der Waals surface area contributed by atoms with Gasteiger partial charge in [0.1, 0.15) is 0 Å². The second-order valence-electron chi connectivity index (χ2n) is 8.31. The van der Waals surface area contributed by atoms with E-state index in [9.17, 15) is 0 Å². The van der Waals surface area contributed by atoms with Gasteiger partial charge in [-0.2, -0.15) is 0 Å². The zero-order chi connectivity index (χ0) is 18.1. The maximum atomic E-state index is 4.17. The predicted molar refractivity (Wildman–Crippen MR) is 111 cm³/mol. The third-order valence-electron chi connectivity index (χ3n) is 5.82. The van der Waals surface area contributed by atoms with Crippen LogP contribution in [0, 0.1) is 11.8 Å². The van der Waals surface area contributed by atoms with Crippen molar-refractivity contribution in [3.8, 4) is 0 Å².